The lowest BCUT2D eigenvalue weighted by atomic mass is 10.2. The molecule has 9 heteroatoms. The molecular formula is C19H17ClN2O5S. The Balaban J connectivity index is 1.79. The van der Waals surface area contributed by atoms with Crippen LogP contribution in [0.15, 0.2) is 56.8 Å². The van der Waals surface area contributed by atoms with Crippen molar-refractivity contribution in [3.63, 3.8) is 0 Å². The third-order valence-electron chi connectivity index (χ3n) is 4.10. The number of rotatable bonds is 5. The summed E-state index contributed by atoms with van der Waals surface area (Å²) in [4.78, 5) is 4.30. The second kappa shape index (κ2) is 7.37. The summed E-state index contributed by atoms with van der Waals surface area (Å²) < 4.78 is 43.1. The molecule has 0 amide bonds. The van der Waals surface area contributed by atoms with Gasteiger partial charge < -0.3 is 19.2 Å². The number of nitrogens with one attached hydrogen (secondary N) is 1. The molecule has 0 unspecified atom stereocenters. The van der Waals surface area contributed by atoms with E-state index in [4.69, 9.17) is 25.5 Å². The fourth-order valence-corrected chi connectivity index (χ4v) is 4.20. The van der Waals surface area contributed by atoms with E-state index < -0.39 is 9.84 Å². The Kier molecular flexibility index (Phi) is 4.91. The summed E-state index contributed by atoms with van der Waals surface area (Å²) in [5, 5.41) is 3.30. The molecule has 0 spiro atoms. The number of fused-ring (bicyclic) bond motifs is 1. The van der Waals surface area contributed by atoms with Gasteiger partial charge in [0.15, 0.2) is 11.5 Å². The van der Waals surface area contributed by atoms with Crippen molar-refractivity contribution in [1.29, 1.82) is 0 Å². The zero-order valence-corrected chi connectivity index (χ0v) is 16.5. The lowest BCUT2D eigenvalue weighted by Crippen LogP contribution is -2.16. The highest BCUT2D eigenvalue weighted by Crippen LogP contribution is 2.37. The Morgan fingerprint density at radius 3 is 2.50 bits per heavy atom. The lowest BCUT2D eigenvalue weighted by Gasteiger charge is -2.18. The van der Waals surface area contributed by atoms with Crippen LogP contribution in [0.25, 0.3) is 11.5 Å². The minimum Gasteiger partial charge on any atom is -0.486 e. The van der Waals surface area contributed by atoms with E-state index in [1.807, 2.05) is 6.92 Å². The van der Waals surface area contributed by atoms with Crippen molar-refractivity contribution in [3.8, 4) is 23.0 Å². The predicted octanol–water partition coefficient (Wildman–Crippen LogP) is 4.03. The highest BCUT2D eigenvalue weighted by Gasteiger charge is 2.29. The van der Waals surface area contributed by atoms with Crippen molar-refractivity contribution in [2.45, 2.75) is 16.8 Å². The second-order valence-electron chi connectivity index (χ2n) is 6.00. The van der Waals surface area contributed by atoms with Crippen LogP contribution in [0.4, 0.5) is 5.88 Å². The first kappa shape index (κ1) is 18.6. The standard InChI is InChI=1S/C19H17ClN2O5S/c1-2-21-18-19(22-17(27-18)12-3-5-13(20)6-4-12)28(23,24)14-7-8-15-16(11-14)26-10-9-25-15/h3-8,11,21H,2,9-10H2,1H3. The van der Waals surface area contributed by atoms with Crippen LogP contribution >= 0.6 is 11.6 Å². The van der Waals surface area contributed by atoms with Crippen molar-refractivity contribution in [3.05, 3.63) is 47.5 Å². The molecule has 0 bridgehead atoms. The van der Waals surface area contributed by atoms with Gasteiger partial charge in [-0.3, -0.25) is 0 Å². The number of ether oxygens (including phenoxy) is 2. The highest BCUT2D eigenvalue weighted by molar-refractivity contribution is 7.91. The van der Waals surface area contributed by atoms with Gasteiger partial charge in [0.2, 0.25) is 26.6 Å². The minimum atomic E-state index is -3.95. The first-order valence-electron chi connectivity index (χ1n) is 8.64. The summed E-state index contributed by atoms with van der Waals surface area (Å²) in [6.07, 6.45) is 0. The van der Waals surface area contributed by atoms with Gasteiger partial charge in [-0.25, -0.2) is 8.42 Å². The van der Waals surface area contributed by atoms with Crippen LogP contribution < -0.4 is 14.8 Å². The van der Waals surface area contributed by atoms with Gasteiger partial charge in [0.05, 0.1) is 4.90 Å². The molecule has 28 heavy (non-hydrogen) atoms. The van der Waals surface area contributed by atoms with Crippen LogP contribution in [0.3, 0.4) is 0 Å². The predicted molar refractivity (Wildman–Crippen MR) is 104 cm³/mol. The zero-order valence-electron chi connectivity index (χ0n) is 14.9. The Morgan fingerprint density at radius 1 is 1.07 bits per heavy atom. The first-order valence-corrected chi connectivity index (χ1v) is 10.5. The molecule has 7 nitrogen and oxygen atoms in total. The first-order chi connectivity index (χ1) is 13.5. The molecule has 0 atom stereocenters. The van der Waals surface area contributed by atoms with Gasteiger partial charge in [-0.2, -0.15) is 4.98 Å². The lowest BCUT2D eigenvalue weighted by molar-refractivity contribution is 0.171. The van der Waals surface area contributed by atoms with Gasteiger partial charge in [0, 0.05) is 23.2 Å². The summed E-state index contributed by atoms with van der Waals surface area (Å²) in [6.45, 7) is 3.10. The van der Waals surface area contributed by atoms with Crippen molar-refractivity contribution in [2.75, 3.05) is 25.1 Å². The van der Waals surface area contributed by atoms with E-state index in [1.165, 1.54) is 12.1 Å². The van der Waals surface area contributed by atoms with Crippen molar-refractivity contribution in [2.24, 2.45) is 0 Å². The van der Waals surface area contributed by atoms with Crippen molar-refractivity contribution < 1.29 is 22.3 Å². The van der Waals surface area contributed by atoms with E-state index in [0.717, 1.165) is 0 Å². The summed E-state index contributed by atoms with van der Waals surface area (Å²) in [5.41, 5.74) is 0.618. The fourth-order valence-electron chi connectivity index (χ4n) is 2.78. The van der Waals surface area contributed by atoms with Gasteiger partial charge in [0.25, 0.3) is 0 Å². The largest absolute Gasteiger partial charge is 0.486 e. The summed E-state index contributed by atoms with van der Waals surface area (Å²) in [5.74, 6) is 1.17. The van der Waals surface area contributed by atoms with E-state index in [-0.39, 0.29) is 21.7 Å². The Labute approximate surface area is 167 Å². The molecule has 1 aliphatic heterocycles. The zero-order chi connectivity index (χ0) is 19.7. The highest BCUT2D eigenvalue weighted by atomic mass is 35.5. The molecule has 2 heterocycles. The third kappa shape index (κ3) is 3.41. The van der Waals surface area contributed by atoms with Crippen LogP contribution in [-0.2, 0) is 9.84 Å². The third-order valence-corrected chi connectivity index (χ3v) is 6.02. The molecule has 0 saturated heterocycles. The number of hydrogen-bond acceptors (Lipinski definition) is 7. The fraction of sp³-hybridized carbons (Fsp3) is 0.211. The molecule has 146 valence electrons. The molecule has 1 aliphatic rings. The molecule has 2 aromatic carbocycles. The van der Waals surface area contributed by atoms with Crippen molar-refractivity contribution in [1.82, 2.24) is 4.98 Å². The maximum absolute atomic E-state index is 13.2. The molecule has 1 aromatic heterocycles. The van der Waals surface area contributed by atoms with Crippen LogP contribution in [0.1, 0.15) is 6.92 Å². The smallest absolute Gasteiger partial charge is 0.233 e. The number of sulfone groups is 1. The van der Waals surface area contributed by atoms with Gasteiger partial charge in [-0.15, -0.1) is 0 Å². The summed E-state index contributed by atoms with van der Waals surface area (Å²) >= 11 is 5.91. The van der Waals surface area contributed by atoms with Gasteiger partial charge in [-0.05, 0) is 43.3 Å². The SMILES string of the molecule is CCNc1oc(-c2ccc(Cl)cc2)nc1S(=O)(=O)c1ccc2c(c1)OCCO2. The Morgan fingerprint density at radius 2 is 1.79 bits per heavy atom. The molecule has 0 fully saturated rings. The van der Waals surface area contributed by atoms with Gasteiger partial charge in [0.1, 0.15) is 13.2 Å². The van der Waals surface area contributed by atoms with Crippen LogP contribution in [0.2, 0.25) is 5.02 Å². The maximum Gasteiger partial charge on any atom is 0.233 e. The number of anilines is 1. The quantitative estimate of drug-likeness (QED) is 0.666. The monoisotopic (exact) mass is 420 g/mol. The van der Waals surface area contributed by atoms with E-state index in [1.54, 1.807) is 30.3 Å². The molecule has 0 aliphatic carbocycles. The Bertz CT molecular complexity index is 1110. The maximum atomic E-state index is 13.2. The topological polar surface area (TPSA) is 90.7 Å². The summed E-state index contributed by atoms with van der Waals surface area (Å²) in [6, 6.07) is 11.3. The average Bonchev–Trinajstić information content (AvgIpc) is 3.13. The van der Waals surface area contributed by atoms with Gasteiger partial charge in [-0.1, -0.05) is 11.6 Å². The van der Waals surface area contributed by atoms with Crippen molar-refractivity contribution >= 4 is 27.3 Å². The Hall–Kier alpha value is -2.71. The molecular weight excluding hydrogens is 404 g/mol. The number of hydrogen-bond donors (Lipinski definition) is 1. The van der Waals surface area contributed by atoms with E-state index >= 15 is 0 Å². The number of oxazole rings is 1. The number of aromatic nitrogens is 1. The molecule has 4 rings (SSSR count). The summed E-state index contributed by atoms with van der Waals surface area (Å²) in [7, 11) is -3.95. The van der Waals surface area contributed by atoms with Crippen LogP contribution in [0, 0.1) is 0 Å². The normalized spacial score (nSPS) is 13.4. The van der Waals surface area contributed by atoms with E-state index in [2.05, 4.69) is 10.3 Å². The number of benzene rings is 2. The molecule has 3 aromatic rings. The van der Waals surface area contributed by atoms with Gasteiger partial charge >= 0.3 is 0 Å². The van der Waals surface area contributed by atoms with E-state index in [0.29, 0.717) is 41.8 Å². The molecule has 1 N–H and O–H groups in total. The number of nitrogens with zero attached hydrogens (tertiary/aromatic N) is 1. The van der Waals surface area contributed by atoms with Crippen LogP contribution in [-0.4, -0.2) is 33.2 Å². The minimum absolute atomic E-state index is 0.0480. The molecule has 0 radical (unpaired) electrons. The number of halogens is 1. The van der Waals surface area contributed by atoms with E-state index in [9.17, 15) is 8.42 Å². The molecule has 0 saturated carbocycles. The second-order valence-corrected chi connectivity index (χ2v) is 8.30. The average molecular weight is 421 g/mol. The van der Waals surface area contributed by atoms with Crippen LogP contribution in [0.5, 0.6) is 11.5 Å².